The Morgan fingerprint density at radius 3 is 2.50 bits per heavy atom. The van der Waals surface area contributed by atoms with Gasteiger partial charge in [-0.2, -0.15) is 0 Å². The van der Waals surface area contributed by atoms with Crippen molar-refractivity contribution in [3.63, 3.8) is 0 Å². The monoisotopic (exact) mass is 352 g/mol. The molecule has 0 amide bonds. The SMILES string of the molecule is OC(CN1CCC(CCN2CCOCC2)CC1)c1ccccc1Cl. The summed E-state index contributed by atoms with van der Waals surface area (Å²) >= 11 is 6.18. The van der Waals surface area contributed by atoms with E-state index in [0.29, 0.717) is 11.6 Å². The van der Waals surface area contributed by atoms with Crippen molar-refractivity contribution in [2.24, 2.45) is 5.92 Å². The molecule has 1 N–H and O–H groups in total. The number of nitrogens with zero attached hydrogens (tertiary/aromatic N) is 2. The maximum Gasteiger partial charge on any atom is 0.0931 e. The molecule has 24 heavy (non-hydrogen) atoms. The van der Waals surface area contributed by atoms with E-state index in [-0.39, 0.29) is 0 Å². The lowest BCUT2D eigenvalue weighted by molar-refractivity contribution is 0.0324. The Bertz CT molecular complexity index is 500. The van der Waals surface area contributed by atoms with Gasteiger partial charge in [-0.1, -0.05) is 29.8 Å². The molecule has 4 nitrogen and oxygen atoms in total. The van der Waals surface area contributed by atoms with E-state index in [9.17, 15) is 5.11 Å². The summed E-state index contributed by atoms with van der Waals surface area (Å²) < 4.78 is 5.41. The van der Waals surface area contributed by atoms with Crippen LogP contribution in [0.1, 0.15) is 30.9 Å². The molecule has 0 radical (unpaired) electrons. The van der Waals surface area contributed by atoms with Crippen molar-refractivity contribution in [1.82, 2.24) is 9.80 Å². The number of ether oxygens (including phenoxy) is 1. The summed E-state index contributed by atoms with van der Waals surface area (Å²) in [6.07, 6.45) is 3.27. The van der Waals surface area contributed by atoms with Crippen molar-refractivity contribution in [2.75, 3.05) is 52.5 Å². The largest absolute Gasteiger partial charge is 0.387 e. The number of halogens is 1. The standard InChI is InChI=1S/C19H29ClN2O2/c20-18-4-2-1-3-17(18)19(23)15-22-9-6-16(7-10-22)5-8-21-11-13-24-14-12-21/h1-4,16,19,23H,5-15H2. The lowest BCUT2D eigenvalue weighted by atomic mass is 9.93. The first-order chi connectivity index (χ1) is 11.7. The van der Waals surface area contributed by atoms with Crippen LogP contribution in [0.25, 0.3) is 0 Å². The summed E-state index contributed by atoms with van der Waals surface area (Å²) in [6.45, 7) is 7.99. The number of hydrogen-bond donors (Lipinski definition) is 1. The molecule has 2 fully saturated rings. The molecule has 0 bridgehead atoms. The third kappa shape index (κ3) is 5.17. The topological polar surface area (TPSA) is 35.9 Å². The van der Waals surface area contributed by atoms with Gasteiger partial charge in [0.05, 0.1) is 19.3 Å². The fourth-order valence-electron chi connectivity index (χ4n) is 3.74. The van der Waals surface area contributed by atoms with Gasteiger partial charge in [-0.15, -0.1) is 0 Å². The van der Waals surface area contributed by atoms with Crippen LogP contribution in [0.3, 0.4) is 0 Å². The summed E-state index contributed by atoms with van der Waals surface area (Å²) in [5, 5.41) is 11.1. The van der Waals surface area contributed by atoms with Gasteiger partial charge in [-0.05, 0) is 50.9 Å². The number of piperidine rings is 1. The second-order valence-corrected chi connectivity index (χ2v) is 7.43. The van der Waals surface area contributed by atoms with Gasteiger partial charge in [0.1, 0.15) is 0 Å². The lowest BCUT2D eigenvalue weighted by Gasteiger charge is -2.34. The minimum atomic E-state index is -0.497. The molecule has 1 unspecified atom stereocenters. The van der Waals surface area contributed by atoms with E-state index >= 15 is 0 Å². The smallest absolute Gasteiger partial charge is 0.0931 e. The van der Waals surface area contributed by atoms with Gasteiger partial charge < -0.3 is 14.7 Å². The number of benzene rings is 1. The molecule has 2 saturated heterocycles. The highest BCUT2D eigenvalue weighted by Crippen LogP contribution is 2.26. The second-order valence-electron chi connectivity index (χ2n) is 7.02. The van der Waals surface area contributed by atoms with Gasteiger partial charge in [0.2, 0.25) is 0 Å². The molecule has 1 atom stereocenters. The van der Waals surface area contributed by atoms with Crippen LogP contribution in [0.2, 0.25) is 5.02 Å². The van der Waals surface area contributed by atoms with E-state index in [0.717, 1.165) is 50.9 Å². The van der Waals surface area contributed by atoms with E-state index < -0.39 is 6.10 Å². The summed E-state index contributed by atoms with van der Waals surface area (Å²) in [4.78, 5) is 4.90. The third-order valence-electron chi connectivity index (χ3n) is 5.36. The quantitative estimate of drug-likeness (QED) is 0.854. The van der Waals surface area contributed by atoms with Crippen LogP contribution in [0.4, 0.5) is 0 Å². The minimum Gasteiger partial charge on any atom is -0.387 e. The number of morpholine rings is 1. The van der Waals surface area contributed by atoms with Crippen LogP contribution >= 0.6 is 11.6 Å². The van der Waals surface area contributed by atoms with Crippen molar-refractivity contribution < 1.29 is 9.84 Å². The molecule has 3 rings (SSSR count). The van der Waals surface area contributed by atoms with Crippen LogP contribution in [-0.2, 0) is 4.74 Å². The van der Waals surface area contributed by atoms with E-state index in [1.807, 2.05) is 24.3 Å². The Labute approximate surface area is 150 Å². The van der Waals surface area contributed by atoms with Crippen LogP contribution in [0.5, 0.6) is 0 Å². The maximum atomic E-state index is 10.4. The molecule has 2 aliphatic rings. The summed E-state index contributed by atoms with van der Waals surface area (Å²) in [7, 11) is 0. The van der Waals surface area contributed by atoms with Crippen LogP contribution in [-0.4, -0.2) is 67.4 Å². The van der Waals surface area contributed by atoms with Crippen LogP contribution < -0.4 is 0 Å². The van der Waals surface area contributed by atoms with Crippen molar-refractivity contribution in [1.29, 1.82) is 0 Å². The number of hydrogen-bond acceptors (Lipinski definition) is 4. The molecule has 134 valence electrons. The summed E-state index contributed by atoms with van der Waals surface area (Å²) in [5.41, 5.74) is 0.841. The molecule has 2 heterocycles. The molecular weight excluding hydrogens is 324 g/mol. The molecule has 0 saturated carbocycles. The summed E-state index contributed by atoms with van der Waals surface area (Å²) in [6, 6.07) is 7.60. The first-order valence-corrected chi connectivity index (χ1v) is 9.55. The number of rotatable bonds is 6. The summed E-state index contributed by atoms with van der Waals surface area (Å²) in [5.74, 6) is 0.821. The molecule has 0 spiro atoms. The molecule has 0 aliphatic carbocycles. The van der Waals surface area contributed by atoms with Gasteiger partial charge in [-0.3, -0.25) is 4.90 Å². The van der Waals surface area contributed by atoms with E-state index in [2.05, 4.69) is 9.80 Å². The molecule has 2 aliphatic heterocycles. The highest BCUT2D eigenvalue weighted by atomic mass is 35.5. The van der Waals surface area contributed by atoms with Crippen LogP contribution in [0.15, 0.2) is 24.3 Å². The van der Waals surface area contributed by atoms with Crippen LogP contribution in [0, 0.1) is 5.92 Å². The molecule has 0 aromatic heterocycles. The first kappa shape index (κ1) is 18.2. The normalized spacial score (nSPS) is 22.6. The Balaban J connectivity index is 1.38. The molecule has 5 heteroatoms. The second kappa shape index (κ2) is 9.16. The minimum absolute atomic E-state index is 0.497. The number of aliphatic hydroxyl groups excluding tert-OH is 1. The van der Waals surface area contributed by atoms with Crippen molar-refractivity contribution in [3.8, 4) is 0 Å². The predicted molar refractivity (Wildman–Crippen MR) is 97.5 cm³/mol. The number of likely N-dealkylation sites (tertiary alicyclic amines) is 1. The fourth-order valence-corrected chi connectivity index (χ4v) is 4.00. The highest BCUT2D eigenvalue weighted by molar-refractivity contribution is 6.31. The molecular formula is C19H29ClN2O2. The zero-order valence-corrected chi connectivity index (χ0v) is 15.1. The zero-order valence-electron chi connectivity index (χ0n) is 14.4. The van der Waals surface area contributed by atoms with Gasteiger partial charge in [0.25, 0.3) is 0 Å². The Kier molecular flexibility index (Phi) is 6.93. The van der Waals surface area contributed by atoms with Gasteiger partial charge in [0, 0.05) is 30.2 Å². The molecule has 1 aromatic rings. The lowest BCUT2D eigenvalue weighted by Crippen LogP contribution is -2.40. The Morgan fingerprint density at radius 2 is 1.79 bits per heavy atom. The van der Waals surface area contributed by atoms with E-state index in [4.69, 9.17) is 16.3 Å². The number of β-amino-alcohol motifs (C(OH)–C–C–N with tert-alkyl or cyclic N) is 1. The predicted octanol–water partition coefficient (Wildman–Crippen LogP) is 2.81. The average molecular weight is 353 g/mol. The van der Waals surface area contributed by atoms with Gasteiger partial charge >= 0.3 is 0 Å². The van der Waals surface area contributed by atoms with Gasteiger partial charge in [0.15, 0.2) is 0 Å². The van der Waals surface area contributed by atoms with Crippen molar-refractivity contribution in [2.45, 2.75) is 25.4 Å². The maximum absolute atomic E-state index is 10.4. The van der Waals surface area contributed by atoms with E-state index in [1.165, 1.54) is 25.8 Å². The zero-order chi connectivity index (χ0) is 16.8. The van der Waals surface area contributed by atoms with Crippen molar-refractivity contribution >= 4 is 11.6 Å². The third-order valence-corrected chi connectivity index (χ3v) is 5.70. The first-order valence-electron chi connectivity index (χ1n) is 9.17. The average Bonchev–Trinajstić information content (AvgIpc) is 2.62. The highest BCUT2D eigenvalue weighted by Gasteiger charge is 2.23. The Hall–Kier alpha value is -0.650. The number of aliphatic hydroxyl groups is 1. The molecule has 1 aromatic carbocycles. The van der Waals surface area contributed by atoms with E-state index in [1.54, 1.807) is 0 Å². The van der Waals surface area contributed by atoms with Crippen molar-refractivity contribution in [3.05, 3.63) is 34.9 Å². The fraction of sp³-hybridized carbons (Fsp3) is 0.684. The van der Waals surface area contributed by atoms with Gasteiger partial charge in [-0.25, -0.2) is 0 Å². The Morgan fingerprint density at radius 1 is 1.08 bits per heavy atom.